The molecule has 0 aliphatic heterocycles. The van der Waals surface area contributed by atoms with Gasteiger partial charge in [-0.15, -0.1) is 11.3 Å². The van der Waals surface area contributed by atoms with E-state index < -0.39 is 23.0 Å². The number of thiophene rings is 1. The third-order valence-electron chi connectivity index (χ3n) is 4.94. The Labute approximate surface area is 188 Å². The number of benzene rings is 2. The second kappa shape index (κ2) is 8.24. The predicted octanol–water partition coefficient (Wildman–Crippen LogP) is 4.37. The summed E-state index contributed by atoms with van der Waals surface area (Å²) in [6, 6.07) is 11.3. The number of amides is 1. The average molecular weight is 502 g/mol. The van der Waals surface area contributed by atoms with E-state index in [1.807, 2.05) is 19.1 Å². The zero-order valence-corrected chi connectivity index (χ0v) is 19.0. The molecular weight excluding hydrogens is 485 g/mol. The summed E-state index contributed by atoms with van der Waals surface area (Å²) >= 11 is 4.58. The van der Waals surface area contributed by atoms with Crippen LogP contribution in [-0.2, 0) is 11.3 Å². The van der Waals surface area contributed by atoms with Crippen LogP contribution in [0.3, 0.4) is 0 Å². The quantitative estimate of drug-likeness (QED) is 0.451. The Morgan fingerprint density at radius 3 is 2.68 bits per heavy atom. The van der Waals surface area contributed by atoms with E-state index in [4.69, 9.17) is 0 Å². The largest absolute Gasteiger partial charge is 0.336 e. The van der Waals surface area contributed by atoms with E-state index in [9.17, 15) is 18.8 Å². The summed E-state index contributed by atoms with van der Waals surface area (Å²) in [5.41, 5.74) is 1.05. The van der Waals surface area contributed by atoms with Gasteiger partial charge in [-0.3, -0.25) is 14.2 Å². The maximum atomic E-state index is 14.1. The molecule has 0 unspecified atom stereocenters. The van der Waals surface area contributed by atoms with Gasteiger partial charge in [-0.05, 0) is 71.1 Å². The number of nitrogens with zero attached hydrogens (tertiary/aromatic N) is 2. The molecule has 4 aromatic rings. The molecular formula is C22H17BrFN3O3S. The Morgan fingerprint density at radius 2 is 1.94 bits per heavy atom. The second-order valence-electron chi connectivity index (χ2n) is 7.06. The van der Waals surface area contributed by atoms with Crippen LogP contribution in [0.5, 0.6) is 0 Å². The van der Waals surface area contributed by atoms with E-state index in [-0.39, 0.29) is 17.8 Å². The Hall–Kier alpha value is -3.04. The fourth-order valence-corrected chi connectivity index (χ4v) is 4.76. The van der Waals surface area contributed by atoms with Crippen LogP contribution in [0, 0.1) is 19.7 Å². The van der Waals surface area contributed by atoms with Crippen LogP contribution < -0.4 is 16.6 Å². The number of aryl methyl sites for hydroxylation is 1. The summed E-state index contributed by atoms with van der Waals surface area (Å²) in [5.74, 6) is -0.955. The van der Waals surface area contributed by atoms with E-state index in [1.165, 1.54) is 29.7 Å². The number of hydrogen-bond acceptors (Lipinski definition) is 4. The molecule has 2 aromatic heterocycles. The number of carbonyl (C=O) groups excluding carboxylic acids is 1. The Kier molecular flexibility index (Phi) is 5.63. The van der Waals surface area contributed by atoms with E-state index >= 15 is 0 Å². The van der Waals surface area contributed by atoms with Crippen molar-refractivity contribution in [3.63, 3.8) is 0 Å². The van der Waals surface area contributed by atoms with Crippen molar-refractivity contribution in [1.29, 1.82) is 0 Å². The monoisotopic (exact) mass is 501 g/mol. The van der Waals surface area contributed by atoms with Crippen LogP contribution in [-0.4, -0.2) is 15.0 Å². The highest BCUT2D eigenvalue weighted by molar-refractivity contribution is 9.10. The maximum Gasteiger partial charge on any atom is 0.336 e. The molecule has 0 bridgehead atoms. The highest BCUT2D eigenvalue weighted by Gasteiger charge is 2.19. The van der Waals surface area contributed by atoms with Crippen molar-refractivity contribution in [3.05, 3.63) is 90.1 Å². The van der Waals surface area contributed by atoms with Crippen molar-refractivity contribution in [1.82, 2.24) is 9.13 Å². The molecule has 31 heavy (non-hydrogen) atoms. The van der Waals surface area contributed by atoms with Gasteiger partial charge in [0.05, 0.1) is 16.9 Å². The number of carbonyl (C=O) groups is 1. The van der Waals surface area contributed by atoms with Gasteiger partial charge in [0.2, 0.25) is 5.91 Å². The standard InChI is InChI=1S/C22H17BrFN3O3S/c1-12-6-7-16(14(23)10-12)25-19(28)11-26-18-8-9-31-20(18)21(29)27(22(26)30)17-5-3-4-15(24)13(17)2/h3-10H,11H2,1-2H3,(H,25,28). The average Bonchev–Trinajstić information content (AvgIpc) is 3.21. The predicted molar refractivity (Wildman–Crippen MR) is 124 cm³/mol. The minimum absolute atomic E-state index is 0.153. The molecule has 0 fully saturated rings. The third-order valence-corrected chi connectivity index (χ3v) is 6.48. The summed E-state index contributed by atoms with van der Waals surface area (Å²) in [7, 11) is 0. The van der Waals surface area contributed by atoms with Gasteiger partial charge in [0, 0.05) is 10.0 Å². The fraction of sp³-hybridized carbons (Fsp3) is 0.136. The van der Waals surface area contributed by atoms with Gasteiger partial charge in [0.1, 0.15) is 17.1 Å². The lowest BCUT2D eigenvalue weighted by Gasteiger charge is -2.14. The molecule has 0 radical (unpaired) electrons. The number of anilines is 1. The molecule has 0 spiro atoms. The topological polar surface area (TPSA) is 73.1 Å². The number of rotatable bonds is 4. The first-order valence-corrected chi connectivity index (χ1v) is 11.0. The molecule has 1 amide bonds. The summed E-state index contributed by atoms with van der Waals surface area (Å²) in [6.07, 6.45) is 0. The molecule has 2 aromatic carbocycles. The highest BCUT2D eigenvalue weighted by atomic mass is 79.9. The van der Waals surface area contributed by atoms with Crippen LogP contribution in [0.4, 0.5) is 10.1 Å². The number of fused-ring (bicyclic) bond motifs is 1. The fourth-order valence-electron chi connectivity index (χ4n) is 3.35. The molecule has 9 heteroatoms. The van der Waals surface area contributed by atoms with Gasteiger partial charge in [0.25, 0.3) is 5.56 Å². The Bertz CT molecular complexity index is 1450. The van der Waals surface area contributed by atoms with Gasteiger partial charge in [-0.1, -0.05) is 12.1 Å². The minimum Gasteiger partial charge on any atom is -0.324 e. The zero-order valence-electron chi connectivity index (χ0n) is 16.6. The van der Waals surface area contributed by atoms with Crippen molar-refractivity contribution < 1.29 is 9.18 Å². The lowest BCUT2D eigenvalue weighted by molar-refractivity contribution is -0.116. The Morgan fingerprint density at radius 1 is 1.16 bits per heavy atom. The molecule has 0 saturated carbocycles. The lowest BCUT2D eigenvalue weighted by atomic mass is 10.2. The molecule has 0 aliphatic carbocycles. The van der Waals surface area contributed by atoms with Crippen LogP contribution in [0.1, 0.15) is 11.1 Å². The summed E-state index contributed by atoms with van der Waals surface area (Å²) in [4.78, 5) is 39.0. The van der Waals surface area contributed by atoms with Crippen molar-refractivity contribution in [2.24, 2.45) is 0 Å². The maximum absolute atomic E-state index is 14.1. The molecule has 6 nitrogen and oxygen atoms in total. The van der Waals surface area contributed by atoms with Gasteiger partial charge in [-0.25, -0.2) is 13.8 Å². The minimum atomic E-state index is -0.706. The highest BCUT2D eigenvalue weighted by Crippen LogP contribution is 2.24. The smallest absolute Gasteiger partial charge is 0.324 e. The van der Waals surface area contributed by atoms with Gasteiger partial charge in [0.15, 0.2) is 0 Å². The summed E-state index contributed by atoms with van der Waals surface area (Å²) in [5, 5.41) is 4.45. The SMILES string of the molecule is Cc1ccc(NC(=O)Cn2c(=O)n(-c3cccc(F)c3C)c(=O)c3sccc32)c(Br)c1. The first-order chi connectivity index (χ1) is 14.8. The number of aromatic nitrogens is 2. The van der Waals surface area contributed by atoms with Crippen molar-refractivity contribution in [2.45, 2.75) is 20.4 Å². The number of halogens is 2. The van der Waals surface area contributed by atoms with Crippen LogP contribution in [0.2, 0.25) is 0 Å². The van der Waals surface area contributed by atoms with Crippen molar-refractivity contribution in [3.8, 4) is 5.69 Å². The van der Waals surface area contributed by atoms with Gasteiger partial charge in [-0.2, -0.15) is 0 Å². The van der Waals surface area contributed by atoms with Crippen LogP contribution in [0.25, 0.3) is 15.9 Å². The molecule has 2 heterocycles. The molecule has 0 saturated heterocycles. The van der Waals surface area contributed by atoms with E-state index in [0.29, 0.717) is 20.4 Å². The normalized spacial score (nSPS) is 11.1. The summed E-state index contributed by atoms with van der Waals surface area (Å²) < 4.78 is 17.3. The molecule has 1 N–H and O–H groups in total. The van der Waals surface area contributed by atoms with Crippen molar-refractivity contribution in [2.75, 3.05) is 5.32 Å². The van der Waals surface area contributed by atoms with E-state index in [2.05, 4.69) is 21.2 Å². The molecule has 0 aliphatic rings. The first kappa shape index (κ1) is 21.2. The van der Waals surface area contributed by atoms with Gasteiger partial charge < -0.3 is 5.32 Å². The van der Waals surface area contributed by atoms with Crippen LogP contribution in [0.15, 0.2) is 61.9 Å². The number of hydrogen-bond donors (Lipinski definition) is 1. The molecule has 0 atom stereocenters. The molecule has 158 valence electrons. The second-order valence-corrected chi connectivity index (χ2v) is 8.83. The molecule has 4 rings (SSSR count). The van der Waals surface area contributed by atoms with Crippen LogP contribution >= 0.6 is 27.3 Å². The zero-order chi connectivity index (χ0) is 22.3. The van der Waals surface area contributed by atoms with E-state index in [1.54, 1.807) is 17.5 Å². The Balaban J connectivity index is 1.82. The van der Waals surface area contributed by atoms with Crippen molar-refractivity contribution >= 4 is 49.1 Å². The third kappa shape index (κ3) is 3.86. The summed E-state index contributed by atoms with van der Waals surface area (Å²) in [6.45, 7) is 3.13. The van der Waals surface area contributed by atoms with Gasteiger partial charge >= 0.3 is 5.69 Å². The number of nitrogens with one attached hydrogen (secondary N) is 1. The first-order valence-electron chi connectivity index (χ1n) is 9.32. The lowest BCUT2D eigenvalue weighted by Crippen LogP contribution is -2.40. The van der Waals surface area contributed by atoms with E-state index in [0.717, 1.165) is 21.5 Å².